The number of halogens is 2. The van der Waals surface area contributed by atoms with Crippen LogP contribution in [-0.4, -0.2) is 42.9 Å². The SMILES string of the molecule is O=C(CNC(=O)c1ccc(Br)o1)NC[C@@H](c1ccccc1Cl)N1CCCC1. The molecular weight excluding hydrogens is 434 g/mol. The summed E-state index contributed by atoms with van der Waals surface area (Å²) in [4.78, 5) is 26.5. The van der Waals surface area contributed by atoms with Crippen LogP contribution in [0.15, 0.2) is 45.5 Å². The maximum Gasteiger partial charge on any atom is 0.287 e. The van der Waals surface area contributed by atoms with Gasteiger partial charge in [-0.2, -0.15) is 0 Å². The van der Waals surface area contributed by atoms with E-state index in [0.717, 1.165) is 31.5 Å². The molecule has 1 aliphatic rings. The molecule has 2 amide bonds. The topological polar surface area (TPSA) is 74.6 Å². The summed E-state index contributed by atoms with van der Waals surface area (Å²) in [5.41, 5.74) is 1.01. The second-order valence-electron chi connectivity index (χ2n) is 6.37. The number of carbonyl (C=O) groups excluding carboxylic acids is 2. The van der Waals surface area contributed by atoms with E-state index >= 15 is 0 Å². The summed E-state index contributed by atoms with van der Waals surface area (Å²) in [6, 6.07) is 10.9. The molecule has 0 spiro atoms. The number of hydrogen-bond acceptors (Lipinski definition) is 4. The van der Waals surface area contributed by atoms with Gasteiger partial charge in [-0.3, -0.25) is 14.5 Å². The van der Waals surface area contributed by atoms with Crippen LogP contribution in [0.2, 0.25) is 5.02 Å². The third-order valence-corrected chi connectivity index (χ3v) is 5.32. The molecule has 8 heteroatoms. The third kappa shape index (κ3) is 5.34. The lowest BCUT2D eigenvalue weighted by atomic mass is 10.1. The highest BCUT2D eigenvalue weighted by molar-refractivity contribution is 9.10. The first kappa shape index (κ1) is 19.9. The van der Waals surface area contributed by atoms with E-state index in [1.54, 1.807) is 6.07 Å². The van der Waals surface area contributed by atoms with Gasteiger partial charge >= 0.3 is 0 Å². The molecule has 1 aliphatic heterocycles. The highest BCUT2D eigenvalue weighted by Gasteiger charge is 2.25. The number of hydrogen-bond donors (Lipinski definition) is 2. The van der Waals surface area contributed by atoms with Gasteiger partial charge in [0.15, 0.2) is 10.4 Å². The van der Waals surface area contributed by atoms with Gasteiger partial charge in [-0.05, 0) is 65.6 Å². The van der Waals surface area contributed by atoms with E-state index in [2.05, 4.69) is 31.5 Å². The molecule has 0 unspecified atom stereocenters. The number of amides is 2. The smallest absolute Gasteiger partial charge is 0.287 e. The molecule has 2 aromatic rings. The number of likely N-dealkylation sites (tertiary alicyclic amines) is 1. The van der Waals surface area contributed by atoms with Crippen LogP contribution < -0.4 is 10.6 Å². The lowest BCUT2D eigenvalue weighted by Gasteiger charge is -2.29. The molecule has 1 aromatic carbocycles. The average Bonchev–Trinajstić information content (AvgIpc) is 3.33. The van der Waals surface area contributed by atoms with Crippen LogP contribution in [-0.2, 0) is 4.79 Å². The van der Waals surface area contributed by atoms with Crippen LogP contribution >= 0.6 is 27.5 Å². The number of nitrogens with zero attached hydrogens (tertiary/aromatic N) is 1. The van der Waals surface area contributed by atoms with E-state index in [0.29, 0.717) is 16.2 Å². The van der Waals surface area contributed by atoms with Crippen molar-refractivity contribution < 1.29 is 14.0 Å². The standard InChI is InChI=1S/C19H21BrClN3O3/c20-17-8-7-16(27-17)19(26)23-12-18(25)22-11-15(24-9-3-4-10-24)13-5-1-2-6-14(13)21/h1-2,5-8,15H,3-4,9-12H2,(H,22,25)(H,23,26)/t15-/m0/s1. The minimum absolute atomic E-state index is 0.0156. The predicted octanol–water partition coefficient (Wildman–Crippen LogP) is 3.38. The fourth-order valence-corrected chi connectivity index (χ4v) is 3.76. The quantitative estimate of drug-likeness (QED) is 0.673. The van der Waals surface area contributed by atoms with Gasteiger partial charge in [0.25, 0.3) is 5.91 Å². The molecule has 1 fully saturated rings. The van der Waals surface area contributed by atoms with Crippen molar-refractivity contribution in [3.63, 3.8) is 0 Å². The fourth-order valence-electron chi connectivity index (χ4n) is 3.19. The number of nitrogens with one attached hydrogen (secondary N) is 2. The van der Waals surface area contributed by atoms with Crippen molar-refractivity contribution in [3.8, 4) is 0 Å². The van der Waals surface area contributed by atoms with Crippen LogP contribution in [0, 0.1) is 0 Å². The normalized spacial score (nSPS) is 15.5. The molecule has 0 saturated carbocycles. The van der Waals surface area contributed by atoms with Gasteiger partial charge in [-0.25, -0.2) is 0 Å². The van der Waals surface area contributed by atoms with E-state index in [9.17, 15) is 9.59 Å². The minimum atomic E-state index is -0.432. The molecule has 6 nitrogen and oxygen atoms in total. The minimum Gasteiger partial charge on any atom is -0.444 e. The maximum absolute atomic E-state index is 12.2. The van der Waals surface area contributed by atoms with Crippen molar-refractivity contribution in [3.05, 3.63) is 57.4 Å². The summed E-state index contributed by atoms with van der Waals surface area (Å²) in [5, 5.41) is 6.15. The largest absolute Gasteiger partial charge is 0.444 e. The summed E-state index contributed by atoms with van der Waals surface area (Å²) < 4.78 is 5.63. The van der Waals surface area contributed by atoms with Gasteiger partial charge < -0.3 is 15.1 Å². The molecule has 1 atom stereocenters. The molecule has 2 heterocycles. The summed E-state index contributed by atoms with van der Waals surface area (Å²) >= 11 is 9.51. The van der Waals surface area contributed by atoms with Gasteiger partial charge in [0.2, 0.25) is 5.91 Å². The molecule has 144 valence electrons. The van der Waals surface area contributed by atoms with E-state index in [-0.39, 0.29) is 24.3 Å². The number of rotatable bonds is 7. The molecule has 0 bridgehead atoms. The first-order valence-corrected chi connectivity index (χ1v) is 10.0. The average molecular weight is 455 g/mol. The van der Waals surface area contributed by atoms with E-state index in [4.69, 9.17) is 16.0 Å². The van der Waals surface area contributed by atoms with Gasteiger partial charge in [0.1, 0.15) is 0 Å². The molecular formula is C19H21BrClN3O3. The Kier molecular flexibility index (Phi) is 6.93. The lowest BCUT2D eigenvalue weighted by molar-refractivity contribution is -0.120. The highest BCUT2D eigenvalue weighted by Crippen LogP contribution is 2.29. The van der Waals surface area contributed by atoms with Crippen molar-refractivity contribution in [2.45, 2.75) is 18.9 Å². The van der Waals surface area contributed by atoms with Crippen molar-refractivity contribution >= 4 is 39.3 Å². The number of furan rings is 1. The Balaban J connectivity index is 1.56. The Labute approximate surface area is 171 Å². The number of carbonyl (C=O) groups is 2. The van der Waals surface area contributed by atoms with Crippen molar-refractivity contribution in [2.75, 3.05) is 26.2 Å². The zero-order chi connectivity index (χ0) is 19.2. The zero-order valence-corrected chi connectivity index (χ0v) is 17.1. The first-order chi connectivity index (χ1) is 13.0. The molecule has 3 rings (SSSR count). The van der Waals surface area contributed by atoms with Crippen LogP contribution in [0.3, 0.4) is 0 Å². The predicted molar refractivity (Wildman–Crippen MR) is 107 cm³/mol. The Morgan fingerprint density at radius 2 is 1.89 bits per heavy atom. The second-order valence-corrected chi connectivity index (χ2v) is 7.56. The molecule has 27 heavy (non-hydrogen) atoms. The monoisotopic (exact) mass is 453 g/mol. The fraction of sp³-hybridized carbons (Fsp3) is 0.368. The van der Waals surface area contributed by atoms with Crippen LogP contribution in [0.4, 0.5) is 0 Å². The molecule has 1 aromatic heterocycles. The van der Waals surface area contributed by atoms with Gasteiger partial charge in [-0.15, -0.1) is 0 Å². The summed E-state index contributed by atoms with van der Waals surface area (Å²) in [6.45, 7) is 2.28. The molecule has 0 aliphatic carbocycles. The van der Waals surface area contributed by atoms with Crippen LogP contribution in [0.1, 0.15) is 35.0 Å². The van der Waals surface area contributed by atoms with E-state index in [1.807, 2.05) is 24.3 Å². The Morgan fingerprint density at radius 1 is 1.15 bits per heavy atom. The van der Waals surface area contributed by atoms with Crippen molar-refractivity contribution in [1.29, 1.82) is 0 Å². The van der Waals surface area contributed by atoms with Crippen molar-refractivity contribution in [2.24, 2.45) is 0 Å². The summed E-state index contributed by atoms with van der Waals surface area (Å²) in [5.74, 6) is -0.538. The first-order valence-electron chi connectivity index (χ1n) is 8.83. The molecule has 1 saturated heterocycles. The maximum atomic E-state index is 12.2. The highest BCUT2D eigenvalue weighted by atomic mass is 79.9. The molecule has 2 N–H and O–H groups in total. The second kappa shape index (κ2) is 9.39. The van der Waals surface area contributed by atoms with Crippen LogP contribution in [0.25, 0.3) is 0 Å². The van der Waals surface area contributed by atoms with Gasteiger partial charge in [0, 0.05) is 11.6 Å². The number of benzene rings is 1. The third-order valence-electron chi connectivity index (χ3n) is 4.54. The summed E-state index contributed by atoms with van der Waals surface area (Å²) in [7, 11) is 0. The lowest BCUT2D eigenvalue weighted by Crippen LogP contribution is -2.41. The van der Waals surface area contributed by atoms with E-state index in [1.165, 1.54) is 6.07 Å². The van der Waals surface area contributed by atoms with E-state index < -0.39 is 5.91 Å². The molecule has 0 radical (unpaired) electrons. The van der Waals surface area contributed by atoms with Gasteiger partial charge in [0.05, 0.1) is 12.6 Å². The Morgan fingerprint density at radius 3 is 2.56 bits per heavy atom. The van der Waals surface area contributed by atoms with Gasteiger partial charge in [-0.1, -0.05) is 29.8 Å². The van der Waals surface area contributed by atoms with Crippen LogP contribution in [0.5, 0.6) is 0 Å². The van der Waals surface area contributed by atoms with Crippen molar-refractivity contribution in [1.82, 2.24) is 15.5 Å². The Hall–Kier alpha value is -1.83. The Bertz CT molecular complexity index is 805. The zero-order valence-electron chi connectivity index (χ0n) is 14.7. The summed E-state index contributed by atoms with van der Waals surface area (Å²) in [6.07, 6.45) is 2.29.